The Labute approximate surface area is 159 Å². The Morgan fingerprint density at radius 3 is 2.52 bits per heavy atom. The summed E-state index contributed by atoms with van der Waals surface area (Å²) in [6.45, 7) is 5.52. The number of carbonyl (C=O) groups excluding carboxylic acids is 2. The van der Waals surface area contributed by atoms with Crippen molar-refractivity contribution in [3.8, 4) is 5.69 Å². The van der Waals surface area contributed by atoms with Gasteiger partial charge in [0.25, 0.3) is 5.91 Å². The van der Waals surface area contributed by atoms with Crippen LogP contribution in [0.25, 0.3) is 15.9 Å². The van der Waals surface area contributed by atoms with Crippen molar-refractivity contribution in [2.24, 2.45) is 5.92 Å². The SMILES string of the molecule is COC(=O)[C@@H](NC(=O)c1cc2c(C)nn(-c3ccc(F)cc3)c2s1)C(C)C. The molecule has 0 aliphatic rings. The number of fused-ring (bicyclic) bond motifs is 1. The number of nitrogens with one attached hydrogen (secondary N) is 1. The zero-order valence-corrected chi connectivity index (χ0v) is 16.3. The smallest absolute Gasteiger partial charge is 0.328 e. The number of nitrogens with zero attached hydrogens (tertiary/aromatic N) is 2. The first-order valence-corrected chi connectivity index (χ1v) is 9.27. The van der Waals surface area contributed by atoms with Crippen LogP contribution in [0.5, 0.6) is 0 Å². The molecule has 3 rings (SSSR count). The van der Waals surface area contributed by atoms with E-state index in [1.165, 1.54) is 30.6 Å². The minimum Gasteiger partial charge on any atom is -0.467 e. The maximum Gasteiger partial charge on any atom is 0.328 e. The van der Waals surface area contributed by atoms with Crippen LogP contribution in [0.3, 0.4) is 0 Å². The van der Waals surface area contributed by atoms with E-state index in [2.05, 4.69) is 10.4 Å². The van der Waals surface area contributed by atoms with Crippen molar-refractivity contribution in [2.75, 3.05) is 7.11 Å². The second kappa shape index (κ2) is 7.48. The summed E-state index contributed by atoms with van der Waals surface area (Å²) >= 11 is 1.27. The molecule has 3 aromatic rings. The largest absolute Gasteiger partial charge is 0.467 e. The van der Waals surface area contributed by atoms with Crippen LogP contribution in [0.15, 0.2) is 30.3 Å². The summed E-state index contributed by atoms with van der Waals surface area (Å²) < 4.78 is 19.6. The van der Waals surface area contributed by atoms with E-state index < -0.39 is 12.0 Å². The van der Waals surface area contributed by atoms with Crippen LogP contribution in [0, 0.1) is 18.7 Å². The predicted octanol–water partition coefficient (Wildman–Crippen LogP) is 3.46. The molecule has 0 aliphatic carbocycles. The number of aryl methyl sites for hydroxylation is 1. The number of aromatic nitrogens is 2. The number of ether oxygens (including phenoxy) is 1. The predicted molar refractivity (Wildman–Crippen MR) is 102 cm³/mol. The molecule has 0 spiro atoms. The number of hydrogen-bond donors (Lipinski definition) is 1. The van der Waals surface area contributed by atoms with E-state index in [4.69, 9.17) is 4.74 Å². The normalized spacial score (nSPS) is 12.4. The van der Waals surface area contributed by atoms with E-state index in [1.54, 1.807) is 22.9 Å². The number of amides is 1. The molecule has 0 saturated carbocycles. The van der Waals surface area contributed by atoms with E-state index >= 15 is 0 Å². The molecule has 6 nitrogen and oxygen atoms in total. The van der Waals surface area contributed by atoms with Gasteiger partial charge in [0.2, 0.25) is 0 Å². The number of thiophene rings is 1. The fourth-order valence-corrected chi connectivity index (χ4v) is 3.84. The van der Waals surface area contributed by atoms with Gasteiger partial charge in [-0.15, -0.1) is 11.3 Å². The van der Waals surface area contributed by atoms with Gasteiger partial charge in [-0.2, -0.15) is 5.10 Å². The average molecular weight is 389 g/mol. The third-order valence-corrected chi connectivity index (χ3v) is 5.36. The summed E-state index contributed by atoms with van der Waals surface area (Å²) in [6, 6.07) is 7.03. The zero-order valence-electron chi connectivity index (χ0n) is 15.4. The summed E-state index contributed by atoms with van der Waals surface area (Å²) in [4.78, 5) is 25.8. The number of methoxy groups -OCH3 is 1. The van der Waals surface area contributed by atoms with Crippen molar-refractivity contribution >= 4 is 33.4 Å². The lowest BCUT2D eigenvalue weighted by Gasteiger charge is -2.19. The van der Waals surface area contributed by atoms with Gasteiger partial charge >= 0.3 is 5.97 Å². The van der Waals surface area contributed by atoms with Crippen molar-refractivity contribution in [3.05, 3.63) is 46.7 Å². The third-order valence-electron chi connectivity index (χ3n) is 4.25. The highest BCUT2D eigenvalue weighted by atomic mass is 32.1. The summed E-state index contributed by atoms with van der Waals surface area (Å²) in [5.41, 5.74) is 1.47. The fraction of sp³-hybridized carbons (Fsp3) is 0.316. The lowest BCUT2D eigenvalue weighted by atomic mass is 10.0. The molecule has 2 aromatic heterocycles. The van der Waals surface area contributed by atoms with Gasteiger partial charge in [-0.25, -0.2) is 13.9 Å². The third kappa shape index (κ3) is 3.71. The molecular formula is C19H20FN3O3S. The molecule has 142 valence electrons. The molecule has 27 heavy (non-hydrogen) atoms. The lowest BCUT2D eigenvalue weighted by molar-refractivity contribution is -0.144. The molecule has 1 aromatic carbocycles. The molecule has 0 radical (unpaired) electrons. The number of rotatable bonds is 5. The summed E-state index contributed by atoms with van der Waals surface area (Å²) in [6.07, 6.45) is 0. The van der Waals surface area contributed by atoms with Crippen LogP contribution >= 0.6 is 11.3 Å². The molecule has 0 unspecified atom stereocenters. The van der Waals surface area contributed by atoms with E-state index in [0.29, 0.717) is 10.6 Å². The van der Waals surface area contributed by atoms with E-state index in [1.807, 2.05) is 20.8 Å². The first-order valence-electron chi connectivity index (χ1n) is 8.45. The van der Waals surface area contributed by atoms with Crippen LogP contribution in [0.4, 0.5) is 4.39 Å². The Morgan fingerprint density at radius 1 is 1.26 bits per heavy atom. The molecular weight excluding hydrogens is 369 g/mol. The highest BCUT2D eigenvalue weighted by Crippen LogP contribution is 2.30. The minimum absolute atomic E-state index is 0.104. The number of carbonyl (C=O) groups is 2. The van der Waals surface area contributed by atoms with Crippen molar-refractivity contribution in [2.45, 2.75) is 26.8 Å². The molecule has 8 heteroatoms. The van der Waals surface area contributed by atoms with E-state index in [-0.39, 0.29) is 17.6 Å². The van der Waals surface area contributed by atoms with Crippen molar-refractivity contribution in [3.63, 3.8) is 0 Å². The van der Waals surface area contributed by atoms with Gasteiger partial charge in [0.05, 0.1) is 23.4 Å². The summed E-state index contributed by atoms with van der Waals surface area (Å²) in [5.74, 6) is -1.25. The average Bonchev–Trinajstić information content (AvgIpc) is 3.20. The van der Waals surface area contributed by atoms with Crippen LogP contribution in [-0.4, -0.2) is 34.8 Å². The number of esters is 1. The molecule has 0 bridgehead atoms. The van der Waals surface area contributed by atoms with Crippen LogP contribution in [0.1, 0.15) is 29.2 Å². The Hall–Kier alpha value is -2.74. The van der Waals surface area contributed by atoms with Gasteiger partial charge in [-0.3, -0.25) is 4.79 Å². The van der Waals surface area contributed by atoms with Crippen LogP contribution < -0.4 is 5.32 Å². The van der Waals surface area contributed by atoms with Crippen molar-refractivity contribution in [1.29, 1.82) is 0 Å². The molecule has 1 N–H and O–H groups in total. The highest BCUT2D eigenvalue weighted by molar-refractivity contribution is 7.20. The van der Waals surface area contributed by atoms with Gasteiger partial charge in [0.1, 0.15) is 16.7 Å². The highest BCUT2D eigenvalue weighted by Gasteiger charge is 2.26. The molecule has 0 saturated heterocycles. The number of benzene rings is 1. The van der Waals surface area contributed by atoms with Gasteiger partial charge in [0, 0.05) is 5.39 Å². The quantitative estimate of drug-likeness (QED) is 0.678. The van der Waals surface area contributed by atoms with Gasteiger partial charge in [0.15, 0.2) is 0 Å². The van der Waals surface area contributed by atoms with Crippen molar-refractivity contribution < 1.29 is 18.7 Å². The molecule has 0 fully saturated rings. The fourth-order valence-electron chi connectivity index (χ4n) is 2.75. The topological polar surface area (TPSA) is 73.2 Å². The van der Waals surface area contributed by atoms with Crippen LogP contribution in [0.2, 0.25) is 0 Å². The minimum atomic E-state index is -0.720. The maximum atomic E-state index is 13.2. The van der Waals surface area contributed by atoms with Crippen molar-refractivity contribution in [1.82, 2.24) is 15.1 Å². The molecule has 2 heterocycles. The molecule has 1 atom stereocenters. The van der Waals surface area contributed by atoms with Gasteiger partial charge < -0.3 is 10.1 Å². The second-order valence-electron chi connectivity index (χ2n) is 6.52. The Balaban J connectivity index is 1.95. The maximum absolute atomic E-state index is 13.2. The molecule has 1 amide bonds. The monoisotopic (exact) mass is 389 g/mol. The number of halogens is 1. The second-order valence-corrected chi connectivity index (χ2v) is 7.55. The summed E-state index contributed by atoms with van der Waals surface area (Å²) in [5, 5.41) is 8.06. The number of hydrogen-bond acceptors (Lipinski definition) is 5. The van der Waals surface area contributed by atoms with Gasteiger partial charge in [-0.05, 0) is 43.2 Å². The Kier molecular flexibility index (Phi) is 5.27. The summed E-state index contributed by atoms with van der Waals surface area (Å²) in [7, 11) is 1.30. The van der Waals surface area contributed by atoms with Crippen LogP contribution in [-0.2, 0) is 9.53 Å². The Bertz CT molecular complexity index is 992. The lowest BCUT2D eigenvalue weighted by Crippen LogP contribution is -2.44. The van der Waals surface area contributed by atoms with E-state index in [0.717, 1.165) is 15.9 Å². The zero-order chi connectivity index (χ0) is 19.7. The molecule has 0 aliphatic heterocycles. The first-order chi connectivity index (χ1) is 12.8. The Morgan fingerprint density at radius 2 is 1.93 bits per heavy atom. The van der Waals surface area contributed by atoms with Gasteiger partial charge in [-0.1, -0.05) is 13.8 Å². The van der Waals surface area contributed by atoms with E-state index in [9.17, 15) is 14.0 Å². The first kappa shape index (κ1) is 19.0. The standard InChI is InChI=1S/C19H20FN3O3S/c1-10(2)16(19(25)26-4)21-17(24)15-9-14-11(3)22-23(18(14)27-15)13-7-5-12(20)6-8-13/h5-10,16H,1-4H3,(H,21,24)/t16-/m0/s1.